The zero-order valence-corrected chi connectivity index (χ0v) is 18.5. The molecule has 0 amide bonds. The van der Waals surface area contributed by atoms with E-state index in [-0.39, 0.29) is 11.4 Å². The summed E-state index contributed by atoms with van der Waals surface area (Å²) in [5, 5.41) is 2.51. The molecule has 0 saturated heterocycles. The second-order valence-electron chi connectivity index (χ2n) is 7.13. The van der Waals surface area contributed by atoms with Gasteiger partial charge < -0.3 is 0 Å². The van der Waals surface area contributed by atoms with Gasteiger partial charge in [-0.2, -0.15) is 0 Å². The van der Waals surface area contributed by atoms with Gasteiger partial charge in [0.1, 0.15) is 11.6 Å². The number of fused-ring (bicyclic) bond motifs is 2. The monoisotopic (exact) mass is 518 g/mol. The molecule has 0 aliphatic carbocycles. The second-order valence-corrected chi connectivity index (χ2v) is 8.37. The molecule has 0 fully saturated rings. The molecule has 150 valence electrons. The highest BCUT2D eigenvalue weighted by molar-refractivity contribution is 14.1. The number of hydrogen-bond donors (Lipinski definition) is 0. The van der Waals surface area contributed by atoms with E-state index < -0.39 is 0 Å². The first-order chi connectivity index (χ1) is 15.1. The Labute approximate surface area is 191 Å². The summed E-state index contributed by atoms with van der Waals surface area (Å²) in [6.45, 7) is 0. The van der Waals surface area contributed by atoms with E-state index in [1.54, 1.807) is 34.9 Å². The highest BCUT2D eigenvalue weighted by Gasteiger charge is 2.14. The number of aromatic nitrogens is 2. The average Bonchev–Trinajstić information content (AvgIpc) is 2.79. The molecule has 4 aromatic carbocycles. The first-order valence-electron chi connectivity index (χ1n) is 9.75. The van der Waals surface area contributed by atoms with Crippen molar-refractivity contribution in [1.82, 2.24) is 9.55 Å². The minimum absolute atomic E-state index is 0.159. The van der Waals surface area contributed by atoms with Gasteiger partial charge >= 0.3 is 0 Å². The molecule has 31 heavy (non-hydrogen) atoms. The molecular formula is C26H16FIN2O. The molecule has 1 heterocycles. The van der Waals surface area contributed by atoms with Crippen LogP contribution in [-0.4, -0.2) is 9.55 Å². The number of hydrogen-bond acceptors (Lipinski definition) is 2. The molecule has 0 spiro atoms. The molecule has 5 rings (SSSR count). The third-order valence-electron chi connectivity index (χ3n) is 5.18. The van der Waals surface area contributed by atoms with Gasteiger partial charge in [0.05, 0.1) is 16.6 Å². The Bertz CT molecular complexity index is 1530. The predicted molar refractivity (Wildman–Crippen MR) is 133 cm³/mol. The van der Waals surface area contributed by atoms with Crippen molar-refractivity contribution in [2.24, 2.45) is 0 Å². The standard InChI is InChI=1S/C26H16FIN2O/c27-22-10-4-2-7-18(22)12-15-25-29-23-14-13-19(28)16-21(23)26(31)30(25)24-11-5-8-17-6-1-3-9-20(17)24/h1-16H/b15-12+. The minimum atomic E-state index is -0.326. The summed E-state index contributed by atoms with van der Waals surface area (Å²) in [5.41, 5.74) is 1.62. The maximum Gasteiger partial charge on any atom is 0.266 e. The van der Waals surface area contributed by atoms with Gasteiger partial charge in [-0.25, -0.2) is 9.37 Å². The maximum atomic E-state index is 14.2. The highest BCUT2D eigenvalue weighted by atomic mass is 127. The molecular weight excluding hydrogens is 502 g/mol. The van der Waals surface area contributed by atoms with Gasteiger partial charge in [0, 0.05) is 14.5 Å². The SMILES string of the molecule is O=c1c2cc(I)ccc2nc(/C=C/c2ccccc2F)n1-c1cccc2ccccc12. The Morgan fingerprint density at radius 2 is 1.61 bits per heavy atom. The van der Waals surface area contributed by atoms with Crippen LogP contribution in [0.4, 0.5) is 4.39 Å². The van der Waals surface area contributed by atoms with Crippen molar-refractivity contribution in [2.45, 2.75) is 0 Å². The van der Waals surface area contributed by atoms with Crippen molar-refractivity contribution in [3.05, 3.63) is 116 Å². The van der Waals surface area contributed by atoms with Crippen molar-refractivity contribution in [3.63, 3.8) is 0 Å². The number of nitrogens with zero attached hydrogens (tertiary/aromatic N) is 2. The molecule has 0 aliphatic heterocycles. The predicted octanol–water partition coefficient (Wildman–Crippen LogP) is 6.45. The molecule has 5 heteroatoms. The Morgan fingerprint density at radius 1 is 0.839 bits per heavy atom. The van der Waals surface area contributed by atoms with Crippen LogP contribution in [0.5, 0.6) is 0 Å². The van der Waals surface area contributed by atoms with Gasteiger partial charge in [-0.1, -0.05) is 54.6 Å². The van der Waals surface area contributed by atoms with Crippen molar-refractivity contribution < 1.29 is 4.39 Å². The van der Waals surface area contributed by atoms with Gasteiger partial charge in [0.2, 0.25) is 0 Å². The smallest absolute Gasteiger partial charge is 0.266 e. The lowest BCUT2D eigenvalue weighted by Gasteiger charge is -2.14. The minimum Gasteiger partial charge on any atom is -0.268 e. The van der Waals surface area contributed by atoms with E-state index in [1.165, 1.54) is 6.07 Å². The van der Waals surface area contributed by atoms with Gasteiger partial charge in [-0.15, -0.1) is 0 Å². The van der Waals surface area contributed by atoms with Crippen LogP contribution < -0.4 is 5.56 Å². The van der Waals surface area contributed by atoms with Crippen LogP contribution in [0.25, 0.3) is 39.5 Å². The van der Waals surface area contributed by atoms with E-state index in [0.29, 0.717) is 22.3 Å². The largest absolute Gasteiger partial charge is 0.268 e. The fraction of sp³-hybridized carbons (Fsp3) is 0. The Morgan fingerprint density at radius 3 is 2.48 bits per heavy atom. The topological polar surface area (TPSA) is 34.9 Å². The molecule has 0 saturated carbocycles. The van der Waals surface area contributed by atoms with Crippen LogP contribution in [0.2, 0.25) is 0 Å². The van der Waals surface area contributed by atoms with Crippen molar-refractivity contribution in [2.75, 3.05) is 0 Å². The van der Waals surface area contributed by atoms with Gasteiger partial charge in [0.25, 0.3) is 5.56 Å². The van der Waals surface area contributed by atoms with E-state index in [4.69, 9.17) is 4.98 Å². The molecule has 0 aliphatic rings. The van der Waals surface area contributed by atoms with Crippen LogP contribution in [0, 0.1) is 9.39 Å². The molecule has 0 unspecified atom stereocenters. The summed E-state index contributed by atoms with van der Waals surface area (Å²) in [6.07, 6.45) is 3.34. The van der Waals surface area contributed by atoms with E-state index in [0.717, 1.165) is 20.0 Å². The van der Waals surface area contributed by atoms with Crippen LogP contribution in [0.15, 0.2) is 89.7 Å². The maximum absolute atomic E-state index is 14.2. The lowest BCUT2D eigenvalue weighted by Crippen LogP contribution is -2.22. The van der Waals surface area contributed by atoms with Crippen molar-refractivity contribution in [3.8, 4) is 5.69 Å². The zero-order chi connectivity index (χ0) is 21.4. The quantitative estimate of drug-likeness (QED) is 0.257. The summed E-state index contributed by atoms with van der Waals surface area (Å²) >= 11 is 2.19. The molecule has 0 atom stereocenters. The summed E-state index contributed by atoms with van der Waals surface area (Å²) in [4.78, 5) is 18.4. The van der Waals surface area contributed by atoms with E-state index in [2.05, 4.69) is 22.6 Å². The third-order valence-corrected chi connectivity index (χ3v) is 5.85. The Balaban J connectivity index is 1.83. The molecule has 5 aromatic rings. The lowest BCUT2D eigenvalue weighted by molar-refractivity contribution is 0.625. The summed E-state index contributed by atoms with van der Waals surface area (Å²) in [7, 11) is 0. The fourth-order valence-electron chi connectivity index (χ4n) is 3.70. The highest BCUT2D eigenvalue weighted by Crippen LogP contribution is 2.24. The first kappa shape index (κ1) is 19.6. The summed E-state index contributed by atoms with van der Waals surface area (Å²) in [5.74, 6) is 0.117. The van der Waals surface area contributed by atoms with E-state index >= 15 is 0 Å². The van der Waals surface area contributed by atoms with E-state index in [1.807, 2.05) is 60.7 Å². The molecule has 0 N–H and O–H groups in total. The molecule has 0 radical (unpaired) electrons. The molecule has 0 bridgehead atoms. The zero-order valence-electron chi connectivity index (χ0n) is 16.3. The molecule has 3 nitrogen and oxygen atoms in total. The second kappa shape index (κ2) is 8.07. The Kier molecular flexibility index (Phi) is 5.11. The Hall–Kier alpha value is -3.32. The summed E-state index contributed by atoms with van der Waals surface area (Å²) in [6, 6.07) is 25.9. The molecule has 1 aromatic heterocycles. The summed E-state index contributed by atoms with van der Waals surface area (Å²) < 4.78 is 16.7. The van der Waals surface area contributed by atoms with Gasteiger partial charge in [0.15, 0.2) is 0 Å². The van der Waals surface area contributed by atoms with Crippen LogP contribution >= 0.6 is 22.6 Å². The third kappa shape index (κ3) is 3.65. The fourth-order valence-corrected chi connectivity index (χ4v) is 4.19. The van der Waals surface area contributed by atoms with Crippen LogP contribution in [-0.2, 0) is 0 Å². The van der Waals surface area contributed by atoms with Crippen LogP contribution in [0.3, 0.4) is 0 Å². The first-order valence-corrected chi connectivity index (χ1v) is 10.8. The lowest BCUT2D eigenvalue weighted by atomic mass is 10.1. The van der Waals surface area contributed by atoms with Crippen LogP contribution in [0.1, 0.15) is 11.4 Å². The van der Waals surface area contributed by atoms with Crippen molar-refractivity contribution >= 4 is 56.4 Å². The number of halogens is 2. The average molecular weight is 518 g/mol. The number of rotatable bonds is 3. The van der Waals surface area contributed by atoms with Gasteiger partial charge in [-0.05, 0) is 70.5 Å². The van der Waals surface area contributed by atoms with Crippen molar-refractivity contribution in [1.29, 1.82) is 0 Å². The van der Waals surface area contributed by atoms with Gasteiger partial charge in [-0.3, -0.25) is 9.36 Å². The normalized spacial score (nSPS) is 11.5. The number of benzene rings is 4. The van der Waals surface area contributed by atoms with E-state index in [9.17, 15) is 9.18 Å².